The number of hydrogen-bond donors (Lipinski definition) is 2. The molecule has 1 heterocycles. The molecule has 5 heteroatoms. The fourth-order valence-electron chi connectivity index (χ4n) is 2.96. The van der Waals surface area contributed by atoms with Crippen molar-refractivity contribution in [3.05, 3.63) is 83.9 Å². The number of rotatable bonds is 3. The number of fused-ring (bicyclic) bond motifs is 2. The smallest absolute Gasteiger partial charge is 0.274 e. The van der Waals surface area contributed by atoms with Gasteiger partial charge in [0.15, 0.2) is 11.5 Å². The molecule has 0 bridgehead atoms. The van der Waals surface area contributed by atoms with Gasteiger partial charge in [-0.1, -0.05) is 36.4 Å². The largest absolute Gasteiger partial charge is 0.453 e. The van der Waals surface area contributed by atoms with E-state index in [1.807, 2.05) is 60.7 Å². The SMILES string of the molecule is O=C(NO)c1ccc(CN2c3ccccc3Oc3ccccc32)cc1. The lowest BCUT2D eigenvalue weighted by Gasteiger charge is -2.32. The second-order valence-corrected chi connectivity index (χ2v) is 5.76. The summed E-state index contributed by atoms with van der Waals surface area (Å²) in [6.07, 6.45) is 0. The van der Waals surface area contributed by atoms with Crippen LogP contribution in [0.2, 0.25) is 0 Å². The first-order chi connectivity index (χ1) is 12.3. The van der Waals surface area contributed by atoms with Crippen LogP contribution in [0.15, 0.2) is 72.8 Å². The second kappa shape index (κ2) is 6.30. The van der Waals surface area contributed by atoms with E-state index in [1.165, 1.54) is 0 Å². The van der Waals surface area contributed by atoms with Crippen LogP contribution in [0.3, 0.4) is 0 Å². The van der Waals surface area contributed by atoms with Crippen molar-refractivity contribution in [3.63, 3.8) is 0 Å². The molecule has 25 heavy (non-hydrogen) atoms. The molecule has 1 aliphatic heterocycles. The molecule has 0 saturated carbocycles. The van der Waals surface area contributed by atoms with E-state index in [0.717, 1.165) is 28.4 Å². The third kappa shape index (κ3) is 2.81. The van der Waals surface area contributed by atoms with Gasteiger partial charge in [-0.15, -0.1) is 0 Å². The number of carbonyl (C=O) groups excluding carboxylic acids is 1. The average molecular weight is 332 g/mol. The van der Waals surface area contributed by atoms with Crippen molar-refractivity contribution in [2.24, 2.45) is 0 Å². The van der Waals surface area contributed by atoms with E-state index < -0.39 is 5.91 Å². The molecule has 124 valence electrons. The van der Waals surface area contributed by atoms with Gasteiger partial charge in [-0.3, -0.25) is 10.0 Å². The Labute approximate surface area is 145 Å². The van der Waals surface area contributed by atoms with Crippen LogP contribution in [0.25, 0.3) is 0 Å². The molecule has 0 fully saturated rings. The molecule has 3 aromatic carbocycles. The standard InChI is InChI=1S/C20H16N2O3/c23-20(21-24)15-11-9-14(10-12-15)13-22-16-5-1-3-7-18(16)25-19-8-4-2-6-17(19)22/h1-12,24H,13H2,(H,21,23). The summed E-state index contributed by atoms with van der Waals surface area (Å²) in [5.74, 6) is 1.11. The predicted octanol–water partition coefficient (Wildman–Crippen LogP) is 4.25. The third-order valence-corrected chi connectivity index (χ3v) is 4.19. The van der Waals surface area contributed by atoms with Crippen molar-refractivity contribution >= 4 is 17.3 Å². The van der Waals surface area contributed by atoms with Gasteiger partial charge in [0.1, 0.15) is 0 Å². The maximum Gasteiger partial charge on any atom is 0.274 e. The normalized spacial score (nSPS) is 12.0. The van der Waals surface area contributed by atoms with Crippen LogP contribution < -0.4 is 15.1 Å². The highest BCUT2D eigenvalue weighted by Gasteiger charge is 2.23. The lowest BCUT2D eigenvalue weighted by atomic mass is 10.1. The molecule has 0 aliphatic carbocycles. The Balaban J connectivity index is 1.69. The number of nitrogens with one attached hydrogen (secondary N) is 1. The number of hydrogen-bond acceptors (Lipinski definition) is 4. The van der Waals surface area contributed by atoms with Crippen LogP contribution in [-0.4, -0.2) is 11.1 Å². The first kappa shape index (κ1) is 15.2. The van der Waals surface area contributed by atoms with Crippen LogP contribution in [0, 0.1) is 0 Å². The molecule has 2 N–H and O–H groups in total. The second-order valence-electron chi connectivity index (χ2n) is 5.76. The molecule has 3 aromatic rings. The van der Waals surface area contributed by atoms with E-state index in [4.69, 9.17) is 9.94 Å². The zero-order valence-corrected chi connectivity index (χ0v) is 13.3. The topological polar surface area (TPSA) is 61.8 Å². The van der Waals surface area contributed by atoms with E-state index in [1.54, 1.807) is 17.6 Å². The maximum absolute atomic E-state index is 11.5. The number of para-hydroxylation sites is 4. The molecule has 0 atom stereocenters. The van der Waals surface area contributed by atoms with Crippen LogP contribution in [0.5, 0.6) is 11.5 Å². The Bertz CT molecular complexity index is 877. The minimum atomic E-state index is -0.520. The first-order valence-electron chi connectivity index (χ1n) is 7.93. The summed E-state index contributed by atoms with van der Waals surface area (Å²) >= 11 is 0. The highest BCUT2D eigenvalue weighted by molar-refractivity contribution is 5.93. The van der Waals surface area contributed by atoms with Crippen molar-refractivity contribution in [1.29, 1.82) is 0 Å². The average Bonchev–Trinajstić information content (AvgIpc) is 2.67. The van der Waals surface area contributed by atoms with Crippen molar-refractivity contribution < 1.29 is 14.7 Å². The quantitative estimate of drug-likeness (QED) is 0.556. The Morgan fingerprint density at radius 1 is 0.880 bits per heavy atom. The minimum Gasteiger partial charge on any atom is -0.453 e. The molecule has 1 aliphatic rings. The van der Waals surface area contributed by atoms with Gasteiger partial charge in [0.25, 0.3) is 5.91 Å². The van der Waals surface area contributed by atoms with Gasteiger partial charge in [0, 0.05) is 12.1 Å². The van der Waals surface area contributed by atoms with Gasteiger partial charge < -0.3 is 9.64 Å². The Morgan fingerprint density at radius 2 is 1.44 bits per heavy atom. The zero-order chi connectivity index (χ0) is 17.2. The summed E-state index contributed by atoms with van der Waals surface area (Å²) in [6.45, 7) is 0.637. The van der Waals surface area contributed by atoms with Crippen molar-refractivity contribution in [3.8, 4) is 11.5 Å². The molecule has 1 amide bonds. The Morgan fingerprint density at radius 3 is 2.00 bits per heavy atom. The van der Waals surface area contributed by atoms with E-state index in [9.17, 15) is 4.79 Å². The molecule has 0 spiro atoms. The number of hydroxylamine groups is 1. The van der Waals surface area contributed by atoms with E-state index in [-0.39, 0.29) is 0 Å². The van der Waals surface area contributed by atoms with Crippen molar-refractivity contribution in [2.45, 2.75) is 6.54 Å². The summed E-state index contributed by atoms with van der Waals surface area (Å²) in [7, 11) is 0. The van der Waals surface area contributed by atoms with E-state index >= 15 is 0 Å². The zero-order valence-electron chi connectivity index (χ0n) is 13.3. The molecular weight excluding hydrogens is 316 g/mol. The molecule has 0 aromatic heterocycles. The monoisotopic (exact) mass is 332 g/mol. The van der Waals surface area contributed by atoms with Gasteiger partial charge in [0.05, 0.1) is 11.4 Å². The summed E-state index contributed by atoms with van der Waals surface area (Å²) < 4.78 is 5.99. The highest BCUT2D eigenvalue weighted by atomic mass is 16.5. The lowest BCUT2D eigenvalue weighted by molar-refractivity contribution is 0.0706. The van der Waals surface area contributed by atoms with Gasteiger partial charge in [-0.25, -0.2) is 5.48 Å². The van der Waals surface area contributed by atoms with E-state index in [0.29, 0.717) is 12.1 Å². The Kier molecular flexibility index (Phi) is 3.84. The number of amides is 1. The van der Waals surface area contributed by atoms with Crippen molar-refractivity contribution in [2.75, 3.05) is 4.90 Å². The molecule has 0 saturated heterocycles. The fraction of sp³-hybridized carbons (Fsp3) is 0.0500. The molecular formula is C20H16N2O3. The third-order valence-electron chi connectivity index (χ3n) is 4.19. The minimum absolute atomic E-state index is 0.411. The van der Waals surface area contributed by atoms with Crippen molar-refractivity contribution in [1.82, 2.24) is 5.48 Å². The lowest BCUT2D eigenvalue weighted by Crippen LogP contribution is -2.21. The number of anilines is 2. The summed E-state index contributed by atoms with van der Waals surface area (Å²) in [5, 5.41) is 8.72. The Hall–Kier alpha value is -3.31. The van der Waals surface area contributed by atoms with Gasteiger partial charge in [-0.2, -0.15) is 0 Å². The molecule has 4 rings (SSSR count). The van der Waals surface area contributed by atoms with Crippen LogP contribution >= 0.6 is 0 Å². The fourth-order valence-corrected chi connectivity index (χ4v) is 2.96. The predicted molar refractivity (Wildman–Crippen MR) is 94.5 cm³/mol. The molecule has 0 unspecified atom stereocenters. The summed E-state index contributed by atoms with van der Waals surface area (Å²) in [5.41, 5.74) is 5.09. The number of carbonyl (C=O) groups is 1. The van der Waals surface area contributed by atoms with E-state index in [2.05, 4.69) is 4.90 Å². The number of nitrogens with zero attached hydrogens (tertiary/aromatic N) is 1. The van der Waals surface area contributed by atoms with Gasteiger partial charge in [0.2, 0.25) is 0 Å². The van der Waals surface area contributed by atoms with Gasteiger partial charge in [-0.05, 0) is 42.0 Å². The van der Waals surface area contributed by atoms with Crippen LogP contribution in [-0.2, 0) is 6.54 Å². The number of ether oxygens (including phenoxy) is 1. The summed E-state index contributed by atoms with van der Waals surface area (Å²) in [4.78, 5) is 13.6. The van der Waals surface area contributed by atoms with Crippen LogP contribution in [0.4, 0.5) is 11.4 Å². The summed E-state index contributed by atoms with van der Waals surface area (Å²) in [6, 6.07) is 23.0. The molecule has 0 radical (unpaired) electrons. The first-order valence-corrected chi connectivity index (χ1v) is 7.93. The maximum atomic E-state index is 11.5. The van der Waals surface area contributed by atoms with Crippen LogP contribution in [0.1, 0.15) is 15.9 Å². The van der Waals surface area contributed by atoms with Gasteiger partial charge >= 0.3 is 0 Å². The highest BCUT2D eigenvalue weighted by Crippen LogP contribution is 2.46. The molecule has 5 nitrogen and oxygen atoms in total. The number of benzene rings is 3.